The topological polar surface area (TPSA) is 55.2 Å². The Bertz CT molecular complexity index is 1080. The third-order valence-corrected chi connectivity index (χ3v) is 7.03. The van der Waals surface area contributed by atoms with Gasteiger partial charge in [-0.05, 0) is 88.7 Å². The summed E-state index contributed by atoms with van der Waals surface area (Å²) in [7, 11) is 0. The summed E-state index contributed by atoms with van der Waals surface area (Å²) in [6.45, 7) is 3.65. The van der Waals surface area contributed by atoms with Crippen LogP contribution in [0.5, 0.6) is 0 Å². The number of benzene rings is 1. The molecule has 1 fully saturated rings. The lowest BCUT2D eigenvalue weighted by atomic mass is 10.0. The van der Waals surface area contributed by atoms with E-state index in [1.165, 1.54) is 22.2 Å². The predicted octanol–water partition coefficient (Wildman–Crippen LogP) is 4.27. The van der Waals surface area contributed by atoms with E-state index < -0.39 is 0 Å². The molecule has 1 aromatic carbocycles. The van der Waals surface area contributed by atoms with Crippen LogP contribution in [0.3, 0.4) is 0 Å². The van der Waals surface area contributed by atoms with Crippen LogP contribution in [0.1, 0.15) is 17.7 Å². The van der Waals surface area contributed by atoms with Crippen LogP contribution in [0.25, 0.3) is 21.3 Å². The predicted molar refractivity (Wildman–Crippen MR) is 125 cm³/mol. The average molecular weight is 605 g/mol. The van der Waals surface area contributed by atoms with Crippen molar-refractivity contribution >= 4 is 72.6 Å². The van der Waals surface area contributed by atoms with Gasteiger partial charge in [0.2, 0.25) is 5.91 Å². The van der Waals surface area contributed by atoms with Crippen molar-refractivity contribution in [1.82, 2.24) is 14.5 Å². The number of aromatic nitrogens is 2. The zero-order valence-electron chi connectivity index (χ0n) is 14.7. The van der Waals surface area contributed by atoms with Gasteiger partial charge in [-0.2, -0.15) is 0 Å². The smallest absolute Gasteiger partial charge is 0.263 e. The van der Waals surface area contributed by atoms with Crippen LogP contribution in [-0.4, -0.2) is 33.4 Å². The van der Waals surface area contributed by atoms with Crippen molar-refractivity contribution in [1.29, 1.82) is 0 Å². The maximum atomic E-state index is 13.2. The minimum Gasteiger partial charge on any atom is -0.341 e. The number of likely N-dealkylation sites (tertiary alicyclic amines) is 1. The van der Waals surface area contributed by atoms with Crippen LogP contribution in [0, 0.1) is 14.1 Å². The van der Waals surface area contributed by atoms with E-state index in [4.69, 9.17) is 0 Å². The Kier molecular flexibility index (Phi) is 5.57. The Hall–Kier alpha value is -1.01. The lowest BCUT2D eigenvalue weighted by Crippen LogP contribution is -2.34. The number of aryl methyl sites for hydroxylation is 1. The second kappa shape index (κ2) is 7.78. The Morgan fingerprint density at radius 1 is 1.19 bits per heavy atom. The first-order chi connectivity index (χ1) is 12.9. The maximum absolute atomic E-state index is 13.2. The number of carbonyl (C=O) groups is 1. The van der Waals surface area contributed by atoms with Gasteiger partial charge in [-0.15, -0.1) is 11.3 Å². The molecule has 5 nitrogen and oxygen atoms in total. The van der Waals surface area contributed by atoms with E-state index >= 15 is 0 Å². The lowest BCUT2D eigenvalue weighted by molar-refractivity contribution is -0.130. The molecule has 3 heterocycles. The van der Waals surface area contributed by atoms with Gasteiger partial charge in [0.1, 0.15) is 11.4 Å². The molecule has 27 heavy (non-hydrogen) atoms. The monoisotopic (exact) mass is 605 g/mol. The SMILES string of the molecule is Cc1sc2ncn(CC(=O)N3CCCC3)c(=O)c2c1-c1cc(I)cc(I)c1. The summed E-state index contributed by atoms with van der Waals surface area (Å²) in [6, 6.07) is 6.27. The molecule has 3 aromatic rings. The lowest BCUT2D eigenvalue weighted by Gasteiger charge is -2.15. The summed E-state index contributed by atoms with van der Waals surface area (Å²) in [5.74, 6) is -0.00643. The molecule has 0 saturated carbocycles. The summed E-state index contributed by atoms with van der Waals surface area (Å²) in [5.41, 5.74) is 1.82. The molecular formula is C19H17I2N3O2S. The largest absolute Gasteiger partial charge is 0.341 e. The Morgan fingerprint density at radius 2 is 1.85 bits per heavy atom. The number of nitrogens with zero attached hydrogens (tertiary/aromatic N) is 3. The first-order valence-electron chi connectivity index (χ1n) is 8.67. The van der Waals surface area contributed by atoms with E-state index in [1.807, 2.05) is 11.8 Å². The number of rotatable bonds is 3. The number of amides is 1. The molecule has 0 N–H and O–H groups in total. The van der Waals surface area contributed by atoms with Gasteiger partial charge >= 0.3 is 0 Å². The van der Waals surface area contributed by atoms with Crippen LogP contribution in [-0.2, 0) is 11.3 Å². The van der Waals surface area contributed by atoms with Crippen molar-refractivity contribution in [2.75, 3.05) is 13.1 Å². The third kappa shape index (κ3) is 3.80. The van der Waals surface area contributed by atoms with Gasteiger partial charge in [0.15, 0.2) is 0 Å². The van der Waals surface area contributed by atoms with Gasteiger partial charge in [0, 0.05) is 30.7 Å². The maximum Gasteiger partial charge on any atom is 0.263 e. The highest BCUT2D eigenvalue weighted by Crippen LogP contribution is 2.36. The number of carbonyl (C=O) groups excluding carboxylic acids is 1. The van der Waals surface area contributed by atoms with Crippen molar-refractivity contribution < 1.29 is 4.79 Å². The van der Waals surface area contributed by atoms with Crippen LogP contribution in [0.4, 0.5) is 0 Å². The standard InChI is InChI=1S/C19H17I2N3O2S/c1-11-16(12-6-13(20)8-14(21)7-12)17-18(27-11)22-10-24(19(17)26)9-15(25)23-4-2-3-5-23/h6-8,10H,2-5,9H2,1H3. The van der Waals surface area contributed by atoms with Crippen molar-refractivity contribution in [3.63, 3.8) is 0 Å². The molecule has 2 aromatic heterocycles. The molecule has 1 saturated heterocycles. The molecule has 140 valence electrons. The molecule has 4 rings (SSSR count). The number of halogens is 2. The Morgan fingerprint density at radius 3 is 2.52 bits per heavy atom. The summed E-state index contributed by atoms with van der Waals surface area (Å²) < 4.78 is 3.71. The van der Waals surface area contributed by atoms with E-state index in [1.54, 1.807) is 0 Å². The second-order valence-corrected chi connectivity index (χ2v) is 10.3. The molecular weight excluding hydrogens is 588 g/mol. The quantitative estimate of drug-likeness (QED) is 0.420. The minimum absolute atomic E-state index is 0.00643. The number of hydrogen-bond acceptors (Lipinski definition) is 4. The van der Waals surface area contributed by atoms with Crippen LogP contribution in [0.2, 0.25) is 0 Å². The summed E-state index contributed by atoms with van der Waals surface area (Å²) in [6.07, 6.45) is 3.59. The number of fused-ring (bicyclic) bond motifs is 1. The molecule has 0 unspecified atom stereocenters. The van der Waals surface area contributed by atoms with Gasteiger partial charge in [-0.25, -0.2) is 4.98 Å². The summed E-state index contributed by atoms with van der Waals surface area (Å²) in [5, 5.41) is 0.618. The van der Waals surface area contributed by atoms with Gasteiger partial charge in [-0.3, -0.25) is 14.2 Å². The molecule has 0 atom stereocenters. The third-order valence-electron chi connectivity index (χ3n) is 4.77. The van der Waals surface area contributed by atoms with Crippen molar-refractivity contribution in [3.05, 3.63) is 46.9 Å². The molecule has 0 radical (unpaired) electrons. The van der Waals surface area contributed by atoms with E-state index in [0.29, 0.717) is 5.39 Å². The molecule has 1 aliphatic rings. The normalized spacial score (nSPS) is 14.3. The Labute approximate surface area is 188 Å². The van der Waals surface area contributed by atoms with Gasteiger partial charge in [-0.1, -0.05) is 0 Å². The van der Waals surface area contributed by atoms with Gasteiger partial charge < -0.3 is 4.90 Å². The minimum atomic E-state index is -0.138. The molecule has 1 amide bonds. The first-order valence-corrected chi connectivity index (χ1v) is 11.6. The molecule has 0 aliphatic carbocycles. The van der Waals surface area contributed by atoms with Crippen LogP contribution >= 0.6 is 56.5 Å². The Balaban J connectivity index is 1.82. The summed E-state index contributed by atoms with van der Waals surface area (Å²) >= 11 is 6.12. The average Bonchev–Trinajstić information content (AvgIpc) is 3.24. The summed E-state index contributed by atoms with van der Waals surface area (Å²) in [4.78, 5) is 33.8. The van der Waals surface area contributed by atoms with Gasteiger partial charge in [0.25, 0.3) is 5.56 Å². The van der Waals surface area contributed by atoms with Crippen LogP contribution < -0.4 is 5.56 Å². The fourth-order valence-electron chi connectivity index (χ4n) is 3.51. The van der Waals surface area contributed by atoms with Crippen molar-refractivity contribution in [2.45, 2.75) is 26.3 Å². The van der Waals surface area contributed by atoms with E-state index in [0.717, 1.165) is 53.9 Å². The van der Waals surface area contributed by atoms with Gasteiger partial charge in [0.05, 0.1) is 11.7 Å². The highest BCUT2D eigenvalue weighted by Gasteiger charge is 2.21. The first kappa shape index (κ1) is 19.3. The fraction of sp³-hybridized carbons (Fsp3) is 0.316. The number of hydrogen-bond donors (Lipinski definition) is 0. The van der Waals surface area contributed by atoms with Crippen molar-refractivity contribution in [2.24, 2.45) is 0 Å². The van der Waals surface area contributed by atoms with Crippen LogP contribution in [0.15, 0.2) is 29.3 Å². The van der Waals surface area contributed by atoms with Crippen molar-refractivity contribution in [3.8, 4) is 11.1 Å². The molecule has 1 aliphatic heterocycles. The number of thiophene rings is 1. The molecule has 8 heteroatoms. The molecule has 0 bridgehead atoms. The zero-order chi connectivity index (χ0) is 19.1. The van der Waals surface area contributed by atoms with E-state index in [-0.39, 0.29) is 18.0 Å². The fourth-order valence-corrected chi connectivity index (χ4v) is 6.45. The van der Waals surface area contributed by atoms with E-state index in [2.05, 4.69) is 68.4 Å². The second-order valence-electron chi connectivity index (χ2n) is 6.64. The molecule has 0 spiro atoms. The highest BCUT2D eigenvalue weighted by atomic mass is 127. The van der Waals surface area contributed by atoms with E-state index in [9.17, 15) is 9.59 Å². The zero-order valence-corrected chi connectivity index (χ0v) is 19.8. The highest BCUT2D eigenvalue weighted by molar-refractivity contribution is 14.1.